The number of benzene rings is 2. The number of nitrogens with one attached hydrogen (secondary N) is 1. The first kappa shape index (κ1) is 18.7. The Morgan fingerprint density at radius 1 is 1.24 bits per heavy atom. The zero-order chi connectivity index (χ0) is 18.4. The summed E-state index contributed by atoms with van der Waals surface area (Å²) in [7, 11) is 0. The Bertz CT molecular complexity index is 781. The lowest BCUT2D eigenvalue weighted by atomic mass is 10.2. The minimum Gasteiger partial charge on any atom is -0.482 e. The summed E-state index contributed by atoms with van der Waals surface area (Å²) in [4.78, 5) is 23.7. The Hall–Kier alpha value is -2.60. The van der Waals surface area contributed by atoms with Crippen molar-refractivity contribution in [2.45, 2.75) is 20.0 Å². The highest BCUT2D eigenvalue weighted by molar-refractivity contribution is 6.30. The van der Waals surface area contributed by atoms with Crippen molar-refractivity contribution in [2.24, 2.45) is 0 Å². The molecule has 2 rings (SSSR count). The molecule has 0 radical (unpaired) electrons. The van der Waals surface area contributed by atoms with Gasteiger partial charge in [-0.1, -0.05) is 23.7 Å². The van der Waals surface area contributed by atoms with Gasteiger partial charge in [-0.2, -0.15) is 0 Å². The third kappa shape index (κ3) is 5.76. The Labute approximate surface area is 149 Å². The van der Waals surface area contributed by atoms with E-state index < -0.39 is 23.8 Å². The molecular weight excluding hydrogens is 349 g/mol. The van der Waals surface area contributed by atoms with E-state index in [1.807, 2.05) is 13.0 Å². The SMILES string of the molecule is Cc1cccc(OCC(=O)OC(C)C(=O)Nc2ccc(Cl)cc2F)c1. The van der Waals surface area contributed by atoms with Crippen LogP contribution < -0.4 is 10.1 Å². The Kier molecular flexibility index (Phi) is 6.36. The number of amides is 1. The molecule has 0 aliphatic rings. The fourth-order valence-electron chi connectivity index (χ4n) is 1.96. The Morgan fingerprint density at radius 3 is 2.68 bits per heavy atom. The number of carbonyl (C=O) groups excluding carboxylic acids is 2. The van der Waals surface area contributed by atoms with Crippen molar-refractivity contribution in [1.29, 1.82) is 0 Å². The van der Waals surface area contributed by atoms with Crippen molar-refractivity contribution >= 4 is 29.2 Å². The number of ether oxygens (including phenoxy) is 2. The maximum Gasteiger partial charge on any atom is 0.344 e. The van der Waals surface area contributed by atoms with Crippen molar-refractivity contribution in [3.63, 3.8) is 0 Å². The van der Waals surface area contributed by atoms with Crippen LogP contribution in [-0.4, -0.2) is 24.6 Å². The van der Waals surface area contributed by atoms with Gasteiger partial charge in [0.15, 0.2) is 12.7 Å². The zero-order valence-electron chi connectivity index (χ0n) is 13.7. The first-order valence-corrected chi connectivity index (χ1v) is 7.88. The van der Waals surface area contributed by atoms with E-state index >= 15 is 0 Å². The van der Waals surface area contributed by atoms with E-state index in [1.165, 1.54) is 19.1 Å². The van der Waals surface area contributed by atoms with E-state index in [0.29, 0.717) is 5.75 Å². The molecule has 0 fully saturated rings. The fraction of sp³-hybridized carbons (Fsp3) is 0.222. The number of rotatable bonds is 6. The van der Waals surface area contributed by atoms with Gasteiger partial charge in [0.25, 0.3) is 5.91 Å². The standard InChI is InChI=1S/C18H17ClFNO4/c1-11-4-3-5-14(8-11)24-10-17(22)25-12(2)18(23)21-16-7-6-13(19)9-15(16)20/h3-9,12H,10H2,1-2H3,(H,21,23). The summed E-state index contributed by atoms with van der Waals surface area (Å²) in [6.07, 6.45) is -1.11. The number of hydrogen-bond acceptors (Lipinski definition) is 4. The molecule has 0 aliphatic carbocycles. The minimum absolute atomic E-state index is 0.0479. The zero-order valence-corrected chi connectivity index (χ0v) is 14.5. The van der Waals surface area contributed by atoms with Crippen LogP contribution in [-0.2, 0) is 14.3 Å². The van der Waals surface area contributed by atoms with Gasteiger partial charge in [-0.25, -0.2) is 9.18 Å². The fourth-order valence-corrected chi connectivity index (χ4v) is 2.12. The van der Waals surface area contributed by atoms with E-state index in [1.54, 1.807) is 18.2 Å². The normalized spacial score (nSPS) is 11.5. The van der Waals surface area contributed by atoms with E-state index in [-0.39, 0.29) is 17.3 Å². The van der Waals surface area contributed by atoms with Gasteiger partial charge in [-0.15, -0.1) is 0 Å². The topological polar surface area (TPSA) is 64.6 Å². The van der Waals surface area contributed by atoms with Crippen molar-refractivity contribution in [3.8, 4) is 5.75 Å². The average Bonchev–Trinajstić information content (AvgIpc) is 2.55. The molecule has 25 heavy (non-hydrogen) atoms. The number of hydrogen-bond donors (Lipinski definition) is 1. The molecule has 7 heteroatoms. The van der Waals surface area contributed by atoms with Gasteiger partial charge in [0.2, 0.25) is 0 Å². The molecule has 5 nitrogen and oxygen atoms in total. The number of carbonyl (C=O) groups is 2. The lowest BCUT2D eigenvalue weighted by Crippen LogP contribution is -2.32. The molecule has 132 valence electrons. The molecule has 0 heterocycles. The van der Waals surface area contributed by atoms with Crippen LogP contribution >= 0.6 is 11.6 Å². The lowest BCUT2D eigenvalue weighted by molar-refractivity contribution is -0.155. The molecule has 0 saturated heterocycles. The van der Waals surface area contributed by atoms with Crippen LogP contribution in [0, 0.1) is 12.7 Å². The molecule has 0 saturated carbocycles. The maximum atomic E-state index is 13.7. The first-order valence-electron chi connectivity index (χ1n) is 7.50. The van der Waals surface area contributed by atoms with Gasteiger partial charge < -0.3 is 14.8 Å². The highest BCUT2D eigenvalue weighted by atomic mass is 35.5. The van der Waals surface area contributed by atoms with Crippen LogP contribution in [0.1, 0.15) is 12.5 Å². The number of aryl methyl sites for hydroxylation is 1. The molecule has 2 aromatic carbocycles. The minimum atomic E-state index is -1.11. The molecule has 2 aromatic rings. The second-order valence-corrected chi connectivity index (χ2v) is 5.79. The predicted octanol–water partition coefficient (Wildman–Crippen LogP) is 3.74. The van der Waals surface area contributed by atoms with Crippen LogP contribution in [0.5, 0.6) is 5.75 Å². The summed E-state index contributed by atoms with van der Waals surface area (Å²) in [5, 5.41) is 2.54. The molecular formula is C18H17ClFNO4. The van der Waals surface area contributed by atoms with E-state index in [9.17, 15) is 14.0 Å². The van der Waals surface area contributed by atoms with E-state index in [4.69, 9.17) is 21.1 Å². The number of esters is 1. The number of anilines is 1. The van der Waals surface area contributed by atoms with Crippen LogP contribution in [0.4, 0.5) is 10.1 Å². The summed E-state index contributed by atoms with van der Waals surface area (Å²) in [6, 6.07) is 11.0. The molecule has 1 unspecified atom stereocenters. The summed E-state index contributed by atoms with van der Waals surface area (Å²) < 4.78 is 23.9. The van der Waals surface area contributed by atoms with Crippen molar-refractivity contribution in [1.82, 2.24) is 0 Å². The Morgan fingerprint density at radius 2 is 2.00 bits per heavy atom. The van der Waals surface area contributed by atoms with Gasteiger partial charge in [0.05, 0.1) is 5.69 Å². The molecule has 1 N–H and O–H groups in total. The van der Waals surface area contributed by atoms with Gasteiger partial charge in [-0.05, 0) is 49.7 Å². The molecule has 0 aliphatic heterocycles. The van der Waals surface area contributed by atoms with Crippen LogP contribution in [0.2, 0.25) is 5.02 Å². The maximum absolute atomic E-state index is 13.7. The summed E-state index contributed by atoms with van der Waals surface area (Å²) >= 11 is 5.64. The lowest BCUT2D eigenvalue weighted by Gasteiger charge is -2.14. The monoisotopic (exact) mass is 365 g/mol. The molecule has 0 aromatic heterocycles. The first-order chi connectivity index (χ1) is 11.8. The van der Waals surface area contributed by atoms with E-state index in [2.05, 4.69) is 5.32 Å². The summed E-state index contributed by atoms with van der Waals surface area (Å²) in [5.74, 6) is -1.52. The third-order valence-electron chi connectivity index (χ3n) is 3.21. The van der Waals surface area contributed by atoms with Gasteiger partial charge in [0.1, 0.15) is 11.6 Å². The van der Waals surface area contributed by atoms with Crippen LogP contribution in [0.25, 0.3) is 0 Å². The second kappa shape index (κ2) is 8.48. The number of halogens is 2. The predicted molar refractivity (Wildman–Crippen MR) is 92.3 cm³/mol. The van der Waals surface area contributed by atoms with E-state index in [0.717, 1.165) is 11.6 Å². The smallest absolute Gasteiger partial charge is 0.344 e. The highest BCUT2D eigenvalue weighted by Gasteiger charge is 2.19. The average molecular weight is 366 g/mol. The molecule has 0 bridgehead atoms. The largest absolute Gasteiger partial charge is 0.482 e. The van der Waals surface area contributed by atoms with Crippen LogP contribution in [0.3, 0.4) is 0 Å². The third-order valence-corrected chi connectivity index (χ3v) is 3.45. The molecule has 1 atom stereocenters. The van der Waals surface area contributed by atoms with Crippen LogP contribution in [0.15, 0.2) is 42.5 Å². The van der Waals surface area contributed by atoms with Crippen molar-refractivity contribution < 1.29 is 23.5 Å². The Balaban J connectivity index is 1.84. The highest BCUT2D eigenvalue weighted by Crippen LogP contribution is 2.19. The summed E-state index contributed by atoms with van der Waals surface area (Å²) in [5.41, 5.74) is 0.942. The van der Waals surface area contributed by atoms with Gasteiger partial charge >= 0.3 is 5.97 Å². The van der Waals surface area contributed by atoms with Gasteiger partial charge in [-0.3, -0.25) is 4.79 Å². The quantitative estimate of drug-likeness (QED) is 0.792. The van der Waals surface area contributed by atoms with Crippen molar-refractivity contribution in [3.05, 3.63) is 58.9 Å². The van der Waals surface area contributed by atoms with Crippen molar-refractivity contribution in [2.75, 3.05) is 11.9 Å². The molecule has 1 amide bonds. The van der Waals surface area contributed by atoms with Gasteiger partial charge in [0, 0.05) is 5.02 Å². The molecule has 0 spiro atoms. The summed E-state index contributed by atoms with van der Waals surface area (Å²) in [6.45, 7) is 2.94. The second-order valence-electron chi connectivity index (χ2n) is 5.35.